The molecule has 1 aliphatic heterocycles. The number of amides is 1. The van der Waals surface area contributed by atoms with Gasteiger partial charge in [0, 0.05) is 6.04 Å². The van der Waals surface area contributed by atoms with Crippen LogP contribution < -0.4 is 15.4 Å². The Kier molecular flexibility index (Phi) is 4.62. The fourth-order valence-electron chi connectivity index (χ4n) is 2.33. The molecule has 1 amide bonds. The van der Waals surface area contributed by atoms with E-state index in [2.05, 4.69) is 17.6 Å². The van der Waals surface area contributed by atoms with E-state index in [4.69, 9.17) is 4.74 Å². The number of benzene rings is 1. The molecule has 0 radical (unpaired) electrons. The highest BCUT2D eigenvalue weighted by atomic mass is 16.6. The molecule has 0 aliphatic carbocycles. The van der Waals surface area contributed by atoms with Crippen LogP contribution in [0.3, 0.4) is 0 Å². The minimum absolute atomic E-state index is 0.0422. The van der Waals surface area contributed by atoms with Gasteiger partial charge in [0.2, 0.25) is 0 Å². The van der Waals surface area contributed by atoms with Crippen LogP contribution in [0.5, 0.6) is 5.75 Å². The molecule has 114 valence electrons. The number of nitrogens with zero attached hydrogens (tertiary/aromatic N) is 1. The van der Waals surface area contributed by atoms with Gasteiger partial charge in [-0.05, 0) is 18.9 Å². The molecule has 7 nitrogen and oxygen atoms in total. The van der Waals surface area contributed by atoms with Gasteiger partial charge in [0.05, 0.1) is 16.7 Å². The van der Waals surface area contributed by atoms with E-state index in [0.717, 1.165) is 19.3 Å². The predicted octanol–water partition coefficient (Wildman–Crippen LogP) is 2.92. The third kappa shape index (κ3) is 3.42. The molecule has 1 aromatic carbocycles. The molecule has 0 fully saturated rings. The Bertz CT molecular complexity index is 559. The molecule has 2 rings (SSSR count). The van der Waals surface area contributed by atoms with Gasteiger partial charge in [-0.2, -0.15) is 0 Å². The molecule has 1 aromatic rings. The number of carbonyl (C=O) groups is 1. The Morgan fingerprint density at radius 3 is 2.86 bits per heavy atom. The number of hydrogen-bond acceptors (Lipinski definition) is 5. The number of hydrogen-bond donors (Lipinski definition) is 2. The van der Waals surface area contributed by atoms with Gasteiger partial charge >= 0.3 is 0 Å². The van der Waals surface area contributed by atoms with Crippen LogP contribution in [-0.4, -0.2) is 23.5 Å². The molecule has 21 heavy (non-hydrogen) atoms. The van der Waals surface area contributed by atoms with Gasteiger partial charge in [0.15, 0.2) is 12.4 Å². The molecule has 1 atom stereocenters. The molecule has 2 N–H and O–H groups in total. The minimum atomic E-state index is -0.443. The summed E-state index contributed by atoms with van der Waals surface area (Å²) < 4.78 is 5.22. The van der Waals surface area contributed by atoms with E-state index in [9.17, 15) is 14.9 Å². The zero-order valence-corrected chi connectivity index (χ0v) is 12.1. The molecule has 0 saturated carbocycles. The second-order valence-electron chi connectivity index (χ2n) is 5.00. The zero-order chi connectivity index (χ0) is 15.4. The number of anilines is 2. The quantitative estimate of drug-likeness (QED) is 0.621. The number of nitrogens with one attached hydrogen (secondary N) is 2. The normalized spacial score (nSPS) is 14.7. The van der Waals surface area contributed by atoms with Gasteiger partial charge in [-0.15, -0.1) is 0 Å². The van der Waals surface area contributed by atoms with Crippen molar-refractivity contribution in [3.63, 3.8) is 0 Å². The maximum atomic E-state index is 11.3. The molecule has 1 unspecified atom stereocenters. The van der Waals surface area contributed by atoms with Crippen LogP contribution in [0, 0.1) is 10.1 Å². The van der Waals surface area contributed by atoms with E-state index in [1.807, 2.05) is 6.92 Å². The van der Waals surface area contributed by atoms with Gasteiger partial charge < -0.3 is 15.4 Å². The lowest BCUT2D eigenvalue weighted by atomic mass is 10.1. The highest BCUT2D eigenvalue weighted by Gasteiger charge is 2.24. The lowest BCUT2D eigenvalue weighted by Crippen LogP contribution is -2.26. The standard InChI is InChI=1S/C14H19N3O4/c1-3-5-9(4-2)15-10-6-11-13(7-12(10)17(19)20)21-8-14(18)16-11/h6-7,9,15H,3-5,8H2,1-2H3,(H,16,18). The first kappa shape index (κ1) is 15.1. The van der Waals surface area contributed by atoms with E-state index in [-0.39, 0.29) is 24.2 Å². The summed E-state index contributed by atoms with van der Waals surface area (Å²) in [6.45, 7) is 3.98. The summed E-state index contributed by atoms with van der Waals surface area (Å²) in [6.07, 6.45) is 2.78. The van der Waals surface area contributed by atoms with Crippen molar-refractivity contribution >= 4 is 23.0 Å². The van der Waals surface area contributed by atoms with Crippen molar-refractivity contribution in [2.75, 3.05) is 17.2 Å². The summed E-state index contributed by atoms with van der Waals surface area (Å²) in [6, 6.07) is 3.09. The number of ether oxygens (including phenoxy) is 1. The van der Waals surface area contributed by atoms with Gasteiger partial charge in [-0.1, -0.05) is 20.3 Å². The zero-order valence-electron chi connectivity index (χ0n) is 12.1. The fraction of sp³-hybridized carbons (Fsp3) is 0.500. The first-order valence-corrected chi connectivity index (χ1v) is 7.06. The molecular weight excluding hydrogens is 274 g/mol. The van der Waals surface area contributed by atoms with Crippen molar-refractivity contribution in [2.24, 2.45) is 0 Å². The first-order chi connectivity index (χ1) is 10.0. The van der Waals surface area contributed by atoms with Crippen LogP contribution in [-0.2, 0) is 4.79 Å². The van der Waals surface area contributed by atoms with Gasteiger partial charge in [0.25, 0.3) is 11.6 Å². The highest BCUT2D eigenvalue weighted by molar-refractivity contribution is 5.96. The Labute approximate surface area is 122 Å². The van der Waals surface area contributed by atoms with Crippen molar-refractivity contribution in [3.05, 3.63) is 22.2 Å². The SMILES string of the molecule is CCCC(CC)Nc1cc2c(cc1[N+](=O)[O-])OCC(=O)N2. The average molecular weight is 293 g/mol. The predicted molar refractivity (Wildman–Crippen MR) is 79.8 cm³/mol. The maximum absolute atomic E-state index is 11.3. The van der Waals surface area contributed by atoms with Crippen LogP contribution in [0.4, 0.5) is 17.1 Å². The summed E-state index contributed by atoms with van der Waals surface area (Å²) >= 11 is 0. The van der Waals surface area contributed by atoms with Crippen LogP contribution >= 0.6 is 0 Å². The van der Waals surface area contributed by atoms with E-state index >= 15 is 0 Å². The Morgan fingerprint density at radius 1 is 1.48 bits per heavy atom. The van der Waals surface area contributed by atoms with Crippen LogP contribution in [0.15, 0.2) is 12.1 Å². The maximum Gasteiger partial charge on any atom is 0.296 e. The summed E-state index contributed by atoms with van der Waals surface area (Å²) in [4.78, 5) is 22.1. The second-order valence-corrected chi connectivity index (χ2v) is 5.00. The Balaban J connectivity index is 2.35. The van der Waals surface area contributed by atoms with Crippen molar-refractivity contribution in [2.45, 2.75) is 39.2 Å². The topological polar surface area (TPSA) is 93.5 Å². The van der Waals surface area contributed by atoms with Crippen LogP contribution in [0.2, 0.25) is 0 Å². The number of nitro groups is 1. The average Bonchev–Trinajstić information content (AvgIpc) is 2.45. The third-order valence-electron chi connectivity index (χ3n) is 3.42. The summed E-state index contributed by atoms with van der Waals surface area (Å²) in [7, 11) is 0. The molecule has 1 heterocycles. The first-order valence-electron chi connectivity index (χ1n) is 7.06. The molecule has 0 bridgehead atoms. The van der Waals surface area contributed by atoms with E-state index in [0.29, 0.717) is 17.1 Å². The molecule has 1 aliphatic rings. The second kappa shape index (κ2) is 6.43. The third-order valence-corrected chi connectivity index (χ3v) is 3.42. The number of rotatable bonds is 6. The fourth-order valence-corrected chi connectivity index (χ4v) is 2.33. The molecule has 7 heteroatoms. The van der Waals surface area contributed by atoms with Crippen molar-refractivity contribution in [1.29, 1.82) is 0 Å². The summed E-state index contributed by atoms with van der Waals surface area (Å²) in [5.41, 5.74) is 0.829. The Morgan fingerprint density at radius 2 is 2.24 bits per heavy atom. The van der Waals surface area contributed by atoms with Crippen molar-refractivity contribution < 1.29 is 14.5 Å². The van der Waals surface area contributed by atoms with Crippen molar-refractivity contribution in [3.8, 4) is 5.75 Å². The monoisotopic (exact) mass is 293 g/mol. The van der Waals surface area contributed by atoms with E-state index in [1.54, 1.807) is 6.07 Å². The van der Waals surface area contributed by atoms with Crippen LogP contribution in [0.1, 0.15) is 33.1 Å². The molecule has 0 spiro atoms. The van der Waals surface area contributed by atoms with Gasteiger partial charge in [-0.3, -0.25) is 14.9 Å². The smallest absolute Gasteiger partial charge is 0.296 e. The lowest BCUT2D eigenvalue weighted by Gasteiger charge is -2.21. The van der Waals surface area contributed by atoms with E-state index < -0.39 is 4.92 Å². The molecule has 0 aromatic heterocycles. The number of fused-ring (bicyclic) bond motifs is 1. The summed E-state index contributed by atoms with van der Waals surface area (Å²) in [5.74, 6) is 0.0679. The number of carbonyl (C=O) groups excluding carboxylic acids is 1. The van der Waals surface area contributed by atoms with Crippen molar-refractivity contribution in [1.82, 2.24) is 0 Å². The van der Waals surface area contributed by atoms with Crippen LogP contribution in [0.25, 0.3) is 0 Å². The largest absolute Gasteiger partial charge is 0.481 e. The minimum Gasteiger partial charge on any atom is -0.481 e. The Hall–Kier alpha value is -2.31. The number of nitro benzene ring substituents is 1. The molecular formula is C14H19N3O4. The van der Waals surface area contributed by atoms with E-state index in [1.165, 1.54) is 6.07 Å². The molecule has 0 saturated heterocycles. The van der Waals surface area contributed by atoms with Gasteiger partial charge in [-0.25, -0.2) is 0 Å². The lowest BCUT2D eigenvalue weighted by molar-refractivity contribution is -0.384. The van der Waals surface area contributed by atoms with Gasteiger partial charge in [0.1, 0.15) is 5.69 Å². The summed E-state index contributed by atoms with van der Waals surface area (Å²) in [5, 5.41) is 17.1. The highest BCUT2D eigenvalue weighted by Crippen LogP contribution is 2.38.